The number of nitrogens with zero attached hydrogens (tertiary/aromatic N) is 7. The van der Waals surface area contributed by atoms with Gasteiger partial charge in [0.2, 0.25) is 0 Å². The molecule has 3 aliphatic carbocycles. The Bertz CT molecular complexity index is 1110. The van der Waals surface area contributed by atoms with Crippen molar-refractivity contribution in [3.05, 3.63) is 23.5 Å². The van der Waals surface area contributed by atoms with Crippen LogP contribution in [0.3, 0.4) is 0 Å². The summed E-state index contributed by atoms with van der Waals surface area (Å²) in [4.78, 5) is 22.6. The van der Waals surface area contributed by atoms with E-state index in [2.05, 4.69) is 25.4 Å². The third-order valence-corrected chi connectivity index (χ3v) is 8.55. The number of halogens is 3. The second-order valence-electron chi connectivity index (χ2n) is 11.5. The second kappa shape index (κ2) is 6.72. The number of aromatic amines is 1. The van der Waals surface area contributed by atoms with Crippen LogP contribution < -0.4 is 0 Å². The molecular formula is C22H27F3N8O. The van der Waals surface area contributed by atoms with Crippen LogP contribution in [0.15, 0.2) is 6.20 Å². The normalized spacial score (nSPS) is 25.7. The number of nitrogens with one attached hydrogen (secondary N) is 1. The molecular weight excluding hydrogens is 449 g/mol. The summed E-state index contributed by atoms with van der Waals surface area (Å²) < 4.78 is 38.0. The van der Waals surface area contributed by atoms with Crippen molar-refractivity contribution in [1.82, 2.24) is 40.0 Å². The van der Waals surface area contributed by atoms with Gasteiger partial charge in [-0.15, -0.1) is 5.10 Å². The molecule has 0 bridgehead atoms. The Morgan fingerprint density at radius 3 is 2.26 bits per heavy atom. The van der Waals surface area contributed by atoms with E-state index in [1.165, 1.54) is 12.8 Å². The maximum atomic E-state index is 12.9. The molecule has 2 amide bonds. The lowest BCUT2D eigenvalue weighted by Gasteiger charge is -2.63. The first-order valence-electron chi connectivity index (χ1n) is 12.1. The minimum Gasteiger partial charge on any atom is -0.323 e. The second-order valence-corrected chi connectivity index (χ2v) is 11.5. The van der Waals surface area contributed by atoms with Gasteiger partial charge in [-0.1, -0.05) is 0 Å². The number of carbonyl (C=O) groups is 1. The minimum absolute atomic E-state index is 0.127. The number of H-pyrrole nitrogens is 1. The van der Waals surface area contributed by atoms with Crippen LogP contribution >= 0.6 is 0 Å². The van der Waals surface area contributed by atoms with Gasteiger partial charge in [0.15, 0.2) is 11.5 Å². The molecule has 2 aliphatic heterocycles. The lowest BCUT2D eigenvalue weighted by Crippen LogP contribution is -2.71. The summed E-state index contributed by atoms with van der Waals surface area (Å²) in [7, 11) is 0. The number of likely N-dealkylation sites (tertiary alicyclic amines) is 2. The topological polar surface area (TPSA) is 95.8 Å². The smallest absolute Gasteiger partial charge is 0.323 e. The maximum absolute atomic E-state index is 12.9. The molecule has 0 atom stereocenters. The number of rotatable bonds is 4. The Labute approximate surface area is 194 Å². The summed E-state index contributed by atoms with van der Waals surface area (Å²) in [6, 6.07) is 0.127. The molecule has 12 heteroatoms. The van der Waals surface area contributed by atoms with E-state index >= 15 is 0 Å². The predicted molar refractivity (Wildman–Crippen MR) is 111 cm³/mol. The summed E-state index contributed by atoms with van der Waals surface area (Å²) in [5.41, 5.74) is -0.560. The first-order chi connectivity index (χ1) is 16.2. The van der Waals surface area contributed by atoms with E-state index in [0.29, 0.717) is 18.4 Å². The van der Waals surface area contributed by atoms with Gasteiger partial charge in [-0.25, -0.2) is 9.78 Å². The lowest BCUT2D eigenvalue weighted by atomic mass is 9.57. The molecule has 1 N–H and O–H groups in total. The largest absolute Gasteiger partial charge is 0.436 e. The highest BCUT2D eigenvalue weighted by atomic mass is 19.4. The average molecular weight is 477 g/mol. The zero-order valence-corrected chi connectivity index (χ0v) is 18.8. The van der Waals surface area contributed by atoms with Crippen LogP contribution in [0.4, 0.5) is 18.0 Å². The van der Waals surface area contributed by atoms with E-state index in [-0.39, 0.29) is 22.8 Å². The number of alkyl halides is 3. The van der Waals surface area contributed by atoms with Crippen molar-refractivity contribution in [2.75, 3.05) is 26.2 Å². The zero-order chi connectivity index (χ0) is 23.3. The molecule has 34 heavy (non-hydrogen) atoms. The molecule has 5 aliphatic rings. The molecule has 0 aromatic carbocycles. The first kappa shape index (κ1) is 20.7. The number of urea groups is 1. The third kappa shape index (κ3) is 3.31. The molecule has 2 aromatic heterocycles. The van der Waals surface area contributed by atoms with Gasteiger partial charge in [0, 0.05) is 48.8 Å². The maximum Gasteiger partial charge on any atom is 0.436 e. The van der Waals surface area contributed by atoms with Crippen molar-refractivity contribution in [1.29, 1.82) is 0 Å². The van der Waals surface area contributed by atoms with E-state index < -0.39 is 11.9 Å². The number of carbonyl (C=O) groups excluding carboxylic acids is 1. The fourth-order valence-electron chi connectivity index (χ4n) is 6.73. The van der Waals surface area contributed by atoms with Crippen LogP contribution in [-0.2, 0) is 12.7 Å². The standard InChI is InChI=1S/C22H27F3N8O/c23-22(24,25)16-7-26-33(30-16)8-13-3-20(4-13)9-31(10-20)19(34)32-11-21(12-32)5-15(6-21)18-27-17(28-29-18)14-1-2-14/h7,13-15H,1-6,8-12H2,(H,27,28,29). The molecule has 0 radical (unpaired) electrons. The van der Waals surface area contributed by atoms with Crippen molar-refractivity contribution in [2.45, 2.75) is 63.1 Å². The minimum atomic E-state index is -4.46. The lowest BCUT2D eigenvalue weighted by molar-refractivity contribution is -0.141. The van der Waals surface area contributed by atoms with Gasteiger partial charge >= 0.3 is 12.2 Å². The average Bonchev–Trinajstić information content (AvgIpc) is 3.19. The molecule has 7 rings (SSSR count). The summed E-state index contributed by atoms with van der Waals surface area (Å²) >= 11 is 0. The number of hydrogen-bond donors (Lipinski definition) is 1. The third-order valence-electron chi connectivity index (χ3n) is 8.55. The Balaban J connectivity index is 0.844. The van der Waals surface area contributed by atoms with Gasteiger partial charge in [-0.05, 0) is 44.4 Å². The molecule has 3 saturated carbocycles. The Hall–Kier alpha value is -2.66. The molecule has 5 fully saturated rings. The zero-order valence-electron chi connectivity index (χ0n) is 18.8. The van der Waals surface area contributed by atoms with E-state index in [9.17, 15) is 18.0 Å². The van der Waals surface area contributed by atoms with Gasteiger partial charge in [-0.2, -0.15) is 28.2 Å². The number of aromatic nitrogens is 6. The Morgan fingerprint density at radius 1 is 1.03 bits per heavy atom. The van der Waals surface area contributed by atoms with Crippen molar-refractivity contribution in [3.8, 4) is 0 Å². The summed E-state index contributed by atoms with van der Waals surface area (Å²) in [5, 5.41) is 14.8. The SMILES string of the molecule is O=C(N1CC2(CC(Cn3ncc(C(F)(F)F)n3)C2)C1)N1CC2(CC(c3nc(C4CC4)n[nH]3)C2)C1. The molecule has 2 aromatic rings. The summed E-state index contributed by atoms with van der Waals surface area (Å²) in [6.07, 6.45) is 2.67. The quantitative estimate of drug-likeness (QED) is 0.732. The summed E-state index contributed by atoms with van der Waals surface area (Å²) in [5.74, 6) is 3.25. The fraction of sp³-hybridized carbons (Fsp3) is 0.773. The number of amides is 2. The van der Waals surface area contributed by atoms with Crippen LogP contribution in [-0.4, -0.2) is 72.2 Å². The first-order valence-corrected chi connectivity index (χ1v) is 12.1. The molecule has 0 unspecified atom stereocenters. The van der Waals surface area contributed by atoms with Crippen LogP contribution in [0.25, 0.3) is 0 Å². The predicted octanol–water partition coefficient (Wildman–Crippen LogP) is 3.00. The molecule has 9 nitrogen and oxygen atoms in total. The Kier molecular flexibility index (Phi) is 4.09. The van der Waals surface area contributed by atoms with Crippen molar-refractivity contribution < 1.29 is 18.0 Å². The van der Waals surface area contributed by atoms with Crippen molar-refractivity contribution >= 4 is 6.03 Å². The molecule has 182 valence electrons. The highest BCUT2D eigenvalue weighted by Crippen LogP contribution is 2.57. The summed E-state index contributed by atoms with van der Waals surface area (Å²) in [6.45, 7) is 3.54. The van der Waals surface area contributed by atoms with E-state index in [0.717, 1.165) is 74.5 Å². The van der Waals surface area contributed by atoms with Gasteiger partial charge in [0.1, 0.15) is 5.82 Å². The van der Waals surface area contributed by atoms with Crippen LogP contribution in [0.2, 0.25) is 0 Å². The van der Waals surface area contributed by atoms with Crippen molar-refractivity contribution in [3.63, 3.8) is 0 Å². The molecule has 4 heterocycles. The van der Waals surface area contributed by atoms with Gasteiger partial charge in [-0.3, -0.25) is 5.10 Å². The van der Waals surface area contributed by atoms with Gasteiger partial charge < -0.3 is 9.80 Å². The van der Waals surface area contributed by atoms with Crippen molar-refractivity contribution in [2.24, 2.45) is 16.7 Å². The van der Waals surface area contributed by atoms with E-state index in [1.807, 2.05) is 9.80 Å². The van der Waals surface area contributed by atoms with Crippen LogP contribution in [0, 0.1) is 16.7 Å². The monoisotopic (exact) mass is 476 g/mol. The molecule has 2 spiro atoms. The molecule has 2 saturated heterocycles. The Morgan fingerprint density at radius 2 is 1.68 bits per heavy atom. The van der Waals surface area contributed by atoms with E-state index in [1.54, 1.807) is 0 Å². The highest BCUT2D eigenvalue weighted by Gasteiger charge is 2.58. The number of hydrogen-bond acceptors (Lipinski definition) is 5. The van der Waals surface area contributed by atoms with Crippen LogP contribution in [0.1, 0.15) is 67.7 Å². The van der Waals surface area contributed by atoms with Gasteiger partial charge in [0.25, 0.3) is 0 Å². The van der Waals surface area contributed by atoms with Gasteiger partial charge in [0.05, 0.1) is 12.7 Å². The highest BCUT2D eigenvalue weighted by molar-refractivity contribution is 5.77. The fourth-order valence-corrected chi connectivity index (χ4v) is 6.73. The van der Waals surface area contributed by atoms with Crippen LogP contribution in [0.5, 0.6) is 0 Å². The van der Waals surface area contributed by atoms with E-state index in [4.69, 9.17) is 0 Å².